The summed E-state index contributed by atoms with van der Waals surface area (Å²) in [5.41, 5.74) is 0.732. The maximum Gasteiger partial charge on any atom is 0.258 e. The summed E-state index contributed by atoms with van der Waals surface area (Å²) in [5, 5.41) is 12.0. The highest BCUT2D eigenvalue weighted by Gasteiger charge is 2.28. The highest BCUT2D eigenvalue weighted by Crippen LogP contribution is 2.23. The number of hydrogen-bond acceptors (Lipinski definition) is 3. The van der Waals surface area contributed by atoms with Crippen molar-refractivity contribution in [2.75, 3.05) is 13.1 Å². The number of carbonyl (C=O) groups is 1. The number of oxime groups is 1. The van der Waals surface area contributed by atoms with Crippen molar-refractivity contribution in [3.8, 4) is 0 Å². The second-order valence-electron chi connectivity index (χ2n) is 4.59. The van der Waals surface area contributed by atoms with E-state index in [2.05, 4.69) is 21.1 Å². The summed E-state index contributed by atoms with van der Waals surface area (Å²) < 4.78 is 14.2. The quantitative estimate of drug-likeness (QED) is 0.636. The number of nitrogens with zero attached hydrogens (tertiary/aromatic N) is 2. The molecule has 0 aromatic heterocycles. The molecular formula is C13H14BrFN2O2. The first-order valence-electron chi connectivity index (χ1n) is 5.98. The van der Waals surface area contributed by atoms with Crippen molar-refractivity contribution < 1.29 is 14.4 Å². The van der Waals surface area contributed by atoms with E-state index >= 15 is 0 Å². The molecule has 4 nitrogen and oxygen atoms in total. The number of piperidine rings is 1. The van der Waals surface area contributed by atoms with Gasteiger partial charge in [0.15, 0.2) is 0 Å². The molecule has 102 valence electrons. The van der Waals surface area contributed by atoms with E-state index in [4.69, 9.17) is 5.21 Å². The third kappa shape index (κ3) is 2.78. The molecule has 1 aliphatic rings. The molecule has 1 unspecified atom stereocenters. The Kier molecular flexibility index (Phi) is 4.19. The van der Waals surface area contributed by atoms with Crippen LogP contribution in [0.4, 0.5) is 4.39 Å². The molecule has 1 amide bonds. The molecule has 0 radical (unpaired) electrons. The van der Waals surface area contributed by atoms with Crippen LogP contribution in [0.5, 0.6) is 0 Å². The van der Waals surface area contributed by atoms with Crippen molar-refractivity contribution in [1.82, 2.24) is 4.90 Å². The summed E-state index contributed by atoms with van der Waals surface area (Å²) >= 11 is 3.20. The Balaban J connectivity index is 2.22. The first-order valence-corrected chi connectivity index (χ1v) is 6.78. The maximum atomic E-state index is 13.8. The molecular weight excluding hydrogens is 315 g/mol. The molecule has 1 N–H and O–H groups in total. The zero-order valence-corrected chi connectivity index (χ0v) is 12.0. The molecule has 0 saturated carbocycles. The van der Waals surface area contributed by atoms with Gasteiger partial charge in [-0.1, -0.05) is 18.1 Å². The molecule has 0 bridgehead atoms. The van der Waals surface area contributed by atoms with E-state index in [-0.39, 0.29) is 17.4 Å². The summed E-state index contributed by atoms with van der Waals surface area (Å²) in [6, 6.07) is 4.46. The van der Waals surface area contributed by atoms with Crippen molar-refractivity contribution >= 4 is 27.5 Å². The van der Waals surface area contributed by atoms with E-state index in [0.717, 1.165) is 0 Å². The Morgan fingerprint density at radius 1 is 1.58 bits per heavy atom. The molecule has 1 aromatic rings. The Morgan fingerprint density at radius 3 is 2.89 bits per heavy atom. The van der Waals surface area contributed by atoms with Crippen LogP contribution in [0, 0.1) is 11.7 Å². The smallest absolute Gasteiger partial charge is 0.258 e. The maximum absolute atomic E-state index is 13.8. The molecule has 1 aliphatic heterocycles. The second kappa shape index (κ2) is 5.69. The number of amides is 1. The van der Waals surface area contributed by atoms with E-state index < -0.39 is 5.82 Å². The lowest BCUT2D eigenvalue weighted by molar-refractivity contribution is 0.0728. The Hall–Kier alpha value is -1.43. The van der Waals surface area contributed by atoms with E-state index in [1.54, 1.807) is 17.0 Å². The van der Waals surface area contributed by atoms with Crippen LogP contribution in [-0.4, -0.2) is 34.8 Å². The first kappa shape index (κ1) is 14.0. The fourth-order valence-electron chi connectivity index (χ4n) is 2.22. The average molecular weight is 329 g/mol. The van der Waals surface area contributed by atoms with Gasteiger partial charge in [-0.15, -0.1) is 0 Å². The zero-order chi connectivity index (χ0) is 14.0. The van der Waals surface area contributed by atoms with Crippen molar-refractivity contribution in [3.05, 3.63) is 34.1 Å². The summed E-state index contributed by atoms with van der Waals surface area (Å²) in [6.07, 6.45) is 0.509. The van der Waals surface area contributed by atoms with Gasteiger partial charge in [-0.05, 0) is 28.1 Å². The molecule has 1 saturated heterocycles. The van der Waals surface area contributed by atoms with Crippen LogP contribution in [0.1, 0.15) is 23.7 Å². The third-order valence-corrected chi connectivity index (χ3v) is 3.95. The molecule has 1 aromatic carbocycles. The Labute approximate surface area is 119 Å². The molecule has 1 heterocycles. The van der Waals surface area contributed by atoms with E-state index in [1.807, 2.05) is 6.92 Å². The van der Waals surface area contributed by atoms with Crippen LogP contribution in [0.3, 0.4) is 0 Å². The number of rotatable bonds is 1. The van der Waals surface area contributed by atoms with Crippen molar-refractivity contribution in [1.29, 1.82) is 0 Å². The van der Waals surface area contributed by atoms with Crippen molar-refractivity contribution in [2.24, 2.45) is 11.1 Å². The van der Waals surface area contributed by atoms with Crippen LogP contribution in [0.25, 0.3) is 0 Å². The topological polar surface area (TPSA) is 52.9 Å². The minimum absolute atomic E-state index is 0.0201. The monoisotopic (exact) mass is 328 g/mol. The van der Waals surface area contributed by atoms with Gasteiger partial charge in [-0.3, -0.25) is 4.79 Å². The van der Waals surface area contributed by atoms with Gasteiger partial charge < -0.3 is 10.1 Å². The molecule has 19 heavy (non-hydrogen) atoms. The van der Waals surface area contributed by atoms with E-state index in [9.17, 15) is 9.18 Å². The number of hydrogen-bond donors (Lipinski definition) is 1. The van der Waals surface area contributed by atoms with Gasteiger partial charge in [0.1, 0.15) is 5.82 Å². The first-order chi connectivity index (χ1) is 9.04. The van der Waals surface area contributed by atoms with Gasteiger partial charge >= 0.3 is 0 Å². The van der Waals surface area contributed by atoms with Gasteiger partial charge in [0, 0.05) is 29.9 Å². The van der Waals surface area contributed by atoms with Gasteiger partial charge in [0.05, 0.1) is 11.3 Å². The normalized spacial score (nSPS) is 21.7. The number of benzene rings is 1. The second-order valence-corrected chi connectivity index (χ2v) is 5.44. The lowest BCUT2D eigenvalue weighted by Crippen LogP contribution is -2.43. The van der Waals surface area contributed by atoms with Gasteiger partial charge in [-0.2, -0.15) is 0 Å². The predicted molar refractivity (Wildman–Crippen MR) is 73.0 cm³/mol. The van der Waals surface area contributed by atoms with E-state index in [0.29, 0.717) is 29.7 Å². The third-order valence-electron chi connectivity index (χ3n) is 3.29. The van der Waals surface area contributed by atoms with Crippen LogP contribution in [0.2, 0.25) is 0 Å². The molecule has 1 fully saturated rings. The minimum atomic E-state index is -0.534. The van der Waals surface area contributed by atoms with E-state index in [1.165, 1.54) is 6.07 Å². The fourth-order valence-corrected chi connectivity index (χ4v) is 2.73. The molecule has 6 heteroatoms. The zero-order valence-electron chi connectivity index (χ0n) is 10.4. The van der Waals surface area contributed by atoms with Gasteiger partial charge in [0.25, 0.3) is 5.91 Å². The highest BCUT2D eigenvalue weighted by atomic mass is 79.9. The molecule has 0 aliphatic carbocycles. The summed E-state index contributed by atoms with van der Waals surface area (Å²) in [4.78, 5) is 13.9. The summed E-state index contributed by atoms with van der Waals surface area (Å²) in [7, 11) is 0. The van der Waals surface area contributed by atoms with Crippen LogP contribution < -0.4 is 0 Å². The average Bonchev–Trinajstić information content (AvgIpc) is 2.38. The van der Waals surface area contributed by atoms with Gasteiger partial charge in [-0.25, -0.2) is 4.39 Å². The lowest BCUT2D eigenvalue weighted by atomic mass is 9.97. The molecule has 2 rings (SSSR count). The number of likely N-dealkylation sites (tertiary alicyclic amines) is 1. The highest BCUT2D eigenvalue weighted by molar-refractivity contribution is 9.10. The number of halogens is 2. The van der Waals surface area contributed by atoms with Gasteiger partial charge in [0.2, 0.25) is 0 Å². The molecule has 0 spiro atoms. The largest absolute Gasteiger partial charge is 0.411 e. The fraction of sp³-hybridized carbons (Fsp3) is 0.385. The number of carbonyl (C=O) groups excluding carboxylic acids is 1. The minimum Gasteiger partial charge on any atom is -0.411 e. The van der Waals surface area contributed by atoms with Crippen LogP contribution in [-0.2, 0) is 0 Å². The van der Waals surface area contributed by atoms with Crippen molar-refractivity contribution in [2.45, 2.75) is 13.3 Å². The molecule has 1 atom stereocenters. The predicted octanol–water partition coefficient (Wildman–Crippen LogP) is 2.90. The SMILES string of the molecule is CC1CN(C(=O)c2c(F)cccc2Br)CC/C1=N\O. The summed E-state index contributed by atoms with van der Waals surface area (Å²) in [6.45, 7) is 2.74. The van der Waals surface area contributed by atoms with Crippen LogP contribution in [0.15, 0.2) is 27.8 Å². The Bertz CT molecular complexity index is 513. The summed E-state index contributed by atoms with van der Waals surface area (Å²) in [5.74, 6) is -0.893. The Morgan fingerprint density at radius 2 is 2.32 bits per heavy atom. The van der Waals surface area contributed by atoms with Crippen LogP contribution >= 0.6 is 15.9 Å². The lowest BCUT2D eigenvalue weighted by Gasteiger charge is -2.31. The van der Waals surface area contributed by atoms with Crippen molar-refractivity contribution in [3.63, 3.8) is 0 Å². The standard InChI is InChI=1S/C13H14BrFN2O2/c1-8-7-17(6-5-11(8)16-19)13(18)12-9(14)3-2-4-10(12)15/h2-4,8,19H,5-7H2,1H3/b16-11+.